The standard InChI is InChI=1S/C18H20N2O4S/c1-4-24-14-8-6-5-7-13(14)19-18(25)20-17(21)12-9-10-15(22-2)16(11-12)23-3/h5-11H,4H2,1-3H3,(H2,19,20,21,25). The molecule has 0 radical (unpaired) electrons. The first-order valence-corrected chi connectivity index (χ1v) is 8.06. The number of nitrogens with one attached hydrogen (secondary N) is 2. The minimum Gasteiger partial charge on any atom is -0.493 e. The second-order valence-electron chi connectivity index (χ2n) is 4.91. The number of hydrogen-bond acceptors (Lipinski definition) is 5. The summed E-state index contributed by atoms with van der Waals surface area (Å²) >= 11 is 5.21. The highest BCUT2D eigenvalue weighted by Gasteiger charge is 2.13. The summed E-state index contributed by atoms with van der Waals surface area (Å²) in [5.41, 5.74) is 1.09. The third kappa shape index (κ3) is 4.84. The fourth-order valence-electron chi connectivity index (χ4n) is 2.16. The monoisotopic (exact) mass is 360 g/mol. The van der Waals surface area contributed by atoms with E-state index in [2.05, 4.69) is 10.6 Å². The lowest BCUT2D eigenvalue weighted by Crippen LogP contribution is -2.34. The topological polar surface area (TPSA) is 68.8 Å². The first-order chi connectivity index (χ1) is 12.1. The quantitative estimate of drug-likeness (QED) is 0.771. The van der Waals surface area contributed by atoms with Crippen molar-refractivity contribution in [1.82, 2.24) is 5.32 Å². The van der Waals surface area contributed by atoms with Crippen LogP contribution in [-0.4, -0.2) is 31.8 Å². The van der Waals surface area contributed by atoms with Crippen LogP contribution in [0.5, 0.6) is 17.2 Å². The zero-order valence-corrected chi connectivity index (χ0v) is 15.1. The van der Waals surface area contributed by atoms with E-state index in [9.17, 15) is 4.79 Å². The van der Waals surface area contributed by atoms with Crippen molar-refractivity contribution in [2.75, 3.05) is 26.1 Å². The number of anilines is 1. The summed E-state index contributed by atoms with van der Waals surface area (Å²) in [5.74, 6) is 1.32. The summed E-state index contributed by atoms with van der Waals surface area (Å²) in [7, 11) is 3.04. The van der Waals surface area contributed by atoms with Gasteiger partial charge in [-0.25, -0.2) is 0 Å². The molecule has 0 bridgehead atoms. The van der Waals surface area contributed by atoms with E-state index in [0.717, 1.165) is 0 Å². The molecular formula is C18H20N2O4S. The molecule has 0 atom stereocenters. The number of carbonyl (C=O) groups is 1. The maximum absolute atomic E-state index is 12.4. The Kier molecular flexibility index (Phi) is 6.59. The molecule has 2 rings (SSSR count). The molecule has 0 aliphatic carbocycles. The fourth-order valence-corrected chi connectivity index (χ4v) is 2.36. The Morgan fingerprint density at radius 3 is 2.44 bits per heavy atom. The van der Waals surface area contributed by atoms with Gasteiger partial charge in [0.25, 0.3) is 5.91 Å². The minimum atomic E-state index is -0.354. The molecule has 0 aliphatic heterocycles. The zero-order valence-electron chi connectivity index (χ0n) is 14.3. The van der Waals surface area contributed by atoms with Gasteiger partial charge in [-0.3, -0.25) is 10.1 Å². The van der Waals surface area contributed by atoms with Crippen molar-refractivity contribution in [2.24, 2.45) is 0 Å². The third-order valence-electron chi connectivity index (χ3n) is 3.31. The van der Waals surface area contributed by atoms with Gasteiger partial charge in [-0.15, -0.1) is 0 Å². The van der Waals surface area contributed by atoms with E-state index in [4.69, 9.17) is 26.4 Å². The van der Waals surface area contributed by atoms with Crippen LogP contribution in [0.3, 0.4) is 0 Å². The predicted molar refractivity (Wildman–Crippen MR) is 101 cm³/mol. The number of methoxy groups -OCH3 is 2. The molecule has 0 aliphatic rings. The molecule has 7 heteroatoms. The molecule has 0 aromatic heterocycles. The van der Waals surface area contributed by atoms with E-state index < -0.39 is 0 Å². The number of benzene rings is 2. The molecular weight excluding hydrogens is 340 g/mol. The highest BCUT2D eigenvalue weighted by Crippen LogP contribution is 2.27. The van der Waals surface area contributed by atoms with E-state index in [-0.39, 0.29) is 11.0 Å². The average molecular weight is 360 g/mol. The number of hydrogen-bond donors (Lipinski definition) is 2. The van der Waals surface area contributed by atoms with Crippen LogP contribution in [0.4, 0.5) is 5.69 Å². The highest BCUT2D eigenvalue weighted by atomic mass is 32.1. The Hall–Kier alpha value is -2.80. The SMILES string of the molecule is CCOc1ccccc1NC(=S)NC(=O)c1ccc(OC)c(OC)c1. The van der Waals surface area contributed by atoms with Gasteiger partial charge in [0.05, 0.1) is 26.5 Å². The van der Waals surface area contributed by atoms with Crippen LogP contribution >= 0.6 is 12.2 Å². The molecule has 25 heavy (non-hydrogen) atoms. The number of para-hydroxylation sites is 2. The van der Waals surface area contributed by atoms with Crippen molar-refractivity contribution >= 4 is 28.9 Å². The number of carbonyl (C=O) groups excluding carboxylic acids is 1. The van der Waals surface area contributed by atoms with Crippen LogP contribution in [0.2, 0.25) is 0 Å². The van der Waals surface area contributed by atoms with Crippen molar-refractivity contribution in [3.63, 3.8) is 0 Å². The van der Waals surface area contributed by atoms with Crippen LogP contribution in [0.1, 0.15) is 17.3 Å². The van der Waals surface area contributed by atoms with Crippen LogP contribution in [0.15, 0.2) is 42.5 Å². The molecule has 0 saturated heterocycles. The second kappa shape index (κ2) is 8.89. The average Bonchev–Trinajstić information content (AvgIpc) is 2.62. The lowest BCUT2D eigenvalue weighted by molar-refractivity contribution is 0.0977. The van der Waals surface area contributed by atoms with E-state index in [1.54, 1.807) is 18.2 Å². The third-order valence-corrected chi connectivity index (χ3v) is 3.51. The minimum absolute atomic E-state index is 0.173. The lowest BCUT2D eigenvalue weighted by Gasteiger charge is -2.14. The number of thiocarbonyl (C=S) groups is 1. The normalized spacial score (nSPS) is 9.88. The molecule has 132 valence electrons. The van der Waals surface area contributed by atoms with E-state index >= 15 is 0 Å². The lowest BCUT2D eigenvalue weighted by atomic mass is 10.2. The Morgan fingerprint density at radius 1 is 1.04 bits per heavy atom. The van der Waals surface area contributed by atoms with Crippen LogP contribution in [0, 0.1) is 0 Å². The van der Waals surface area contributed by atoms with Crippen molar-refractivity contribution in [3.05, 3.63) is 48.0 Å². The maximum Gasteiger partial charge on any atom is 0.257 e. The van der Waals surface area contributed by atoms with Crippen molar-refractivity contribution in [3.8, 4) is 17.2 Å². The van der Waals surface area contributed by atoms with Gasteiger partial charge in [0.15, 0.2) is 16.6 Å². The maximum atomic E-state index is 12.4. The van der Waals surface area contributed by atoms with Gasteiger partial charge in [-0.2, -0.15) is 0 Å². The van der Waals surface area contributed by atoms with Gasteiger partial charge in [0.1, 0.15) is 5.75 Å². The molecule has 2 N–H and O–H groups in total. The summed E-state index contributed by atoms with van der Waals surface area (Å²) in [6.45, 7) is 2.43. The zero-order chi connectivity index (χ0) is 18.2. The van der Waals surface area contributed by atoms with E-state index in [0.29, 0.717) is 35.1 Å². The number of amides is 1. The van der Waals surface area contributed by atoms with Gasteiger partial charge in [0, 0.05) is 5.56 Å². The Bertz CT molecular complexity index is 764. The molecule has 2 aromatic rings. The van der Waals surface area contributed by atoms with E-state index in [1.807, 2.05) is 31.2 Å². The van der Waals surface area contributed by atoms with Gasteiger partial charge in [0.2, 0.25) is 0 Å². The second-order valence-corrected chi connectivity index (χ2v) is 5.32. The largest absolute Gasteiger partial charge is 0.493 e. The molecule has 2 aromatic carbocycles. The molecule has 0 fully saturated rings. The predicted octanol–water partition coefficient (Wildman–Crippen LogP) is 3.23. The van der Waals surface area contributed by atoms with Crippen molar-refractivity contribution < 1.29 is 19.0 Å². The Morgan fingerprint density at radius 2 is 1.76 bits per heavy atom. The molecule has 6 nitrogen and oxygen atoms in total. The van der Waals surface area contributed by atoms with E-state index in [1.165, 1.54) is 14.2 Å². The van der Waals surface area contributed by atoms with Crippen LogP contribution < -0.4 is 24.8 Å². The molecule has 1 amide bonds. The van der Waals surface area contributed by atoms with Crippen LogP contribution in [-0.2, 0) is 0 Å². The smallest absolute Gasteiger partial charge is 0.257 e. The van der Waals surface area contributed by atoms with Gasteiger partial charge in [-0.1, -0.05) is 12.1 Å². The number of ether oxygens (including phenoxy) is 3. The Labute approximate surface area is 152 Å². The summed E-state index contributed by atoms with van der Waals surface area (Å²) < 4.78 is 15.9. The van der Waals surface area contributed by atoms with Gasteiger partial charge >= 0.3 is 0 Å². The molecule has 0 heterocycles. The molecule has 0 unspecified atom stereocenters. The van der Waals surface area contributed by atoms with Crippen LogP contribution in [0.25, 0.3) is 0 Å². The first kappa shape index (κ1) is 18.5. The first-order valence-electron chi connectivity index (χ1n) is 7.65. The molecule has 0 spiro atoms. The van der Waals surface area contributed by atoms with Gasteiger partial charge < -0.3 is 19.5 Å². The summed E-state index contributed by atoms with van der Waals surface area (Å²) in [5, 5.41) is 5.77. The molecule has 0 saturated carbocycles. The summed E-state index contributed by atoms with van der Waals surface area (Å²) in [4.78, 5) is 12.4. The van der Waals surface area contributed by atoms with Crippen molar-refractivity contribution in [2.45, 2.75) is 6.92 Å². The van der Waals surface area contributed by atoms with Gasteiger partial charge in [-0.05, 0) is 49.5 Å². The summed E-state index contributed by atoms with van der Waals surface area (Å²) in [6.07, 6.45) is 0. The summed E-state index contributed by atoms with van der Waals surface area (Å²) in [6, 6.07) is 12.2. The Balaban J connectivity index is 2.07. The fraction of sp³-hybridized carbons (Fsp3) is 0.222. The van der Waals surface area contributed by atoms with Crippen molar-refractivity contribution in [1.29, 1.82) is 0 Å². The number of rotatable bonds is 6. The highest BCUT2D eigenvalue weighted by molar-refractivity contribution is 7.80.